The number of furan rings is 1. The second-order valence-electron chi connectivity index (χ2n) is 9.69. The van der Waals surface area contributed by atoms with E-state index in [0.717, 1.165) is 32.8 Å². The summed E-state index contributed by atoms with van der Waals surface area (Å²) < 4.78 is 19.4. The minimum atomic E-state index is -0.461. The molecule has 0 saturated carbocycles. The summed E-state index contributed by atoms with van der Waals surface area (Å²) in [6.07, 6.45) is 0. The molecule has 0 spiro atoms. The Labute approximate surface area is 182 Å². The summed E-state index contributed by atoms with van der Waals surface area (Å²) in [6.45, 7) is 10.5. The van der Waals surface area contributed by atoms with Crippen LogP contribution in [0.2, 0.25) is 0 Å². The number of benzene rings is 4. The fourth-order valence-corrected chi connectivity index (χ4v) is 4.77. The van der Waals surface area contributed by atoms with E-state index in [4.69, 9.17) is 13.7 Å². The molecule has 6 rings (SSSR count). The van der Waals surface area contributed by atoms with Gasteiger partial charge < -0.3 is 13.7 Å². The van der Waals surface area contributed by atoms with Crippen LogP contribution in [-0.2, 0) is 9.31 Å². The van der Waals surface area contributed by atoms with Gasteiger partial charge in [-0.25, -0.2) is 0 Å². The van der Waals surface area contributed by atoms with Crippen LogP contribution in [0, 0.1) is 6.92 Å². The Kier molecular flexibility index (Phi) is 3.73. The molecule has 0 radical (unpaired) electrons. The van der Waals surface area contributed by atoms with Crippen molar-refractivity contribution in [1.82, 2.24) is 0 Å². The maximum Gasteiger partial charge on any atom is 0.498 e. The Bertz CT molecular complexity index is 1490. The number of rotatable bonds is 1. The van der Waals surface area contributed by atoms with E-state index in [1.165, 1.54) is 21.7 Å². The molecule has 4 heteroatoms. The van der Waals surface area contributed by atoms with Gasteiger partial charge in [0.15, 0.2) is 0 Å². The first-order valence-corrected chi connectivity index (χ1v) is 10.9. The molecule has 2 heterocycles. The van der Waals surface area contributed by atoms with Crippen LogP contribution in [0.3, 0.4) is 0 Å². The van der Waals surface area contributed by atoms with Gasteiger partial charge in [-0.15, -0.1) is 0 Å². The minimum absolute atomic E-state index is 0.399. The lowest BCUT2D eigenvalue weighted by molar-refractivity contribution is 0.00578. The van der Waals surface area contributed by atoms with Gasteiger partial charge in [-0.05, 0) is 62.4 Å². The van der Waals surface area contributed by atoms with Gasteiger partial charge in [-0.3, -0.25) is 0 Å². The third-order valence-electron chi connectivity index (χ3n) is 7.24. The molecule has 4 aromatic carbocycles. The highest BCUT2D eigenvalue weighted by Crippen LogP contribution is 2.40. The first-order chi connectivity index (χ1) is 14.8. The minimum Gasteiger partial charge on any atom is -0.456 e. The molecule has 31 heavy (non-hydrogen) atoms. The lowest BCUT2D eigenvalue weighted by Crippen LogP contribution is -2.41. The number of hydrogen-bond donors (Lipinski definition) is 0. The van der Waals surface area contributed by atoms with Crippen molar-refractivity contribution < 1.29 is 13.7 Å². The van der Waals surface area contributed by atoms with E-state index in [9.17, 15) is 0 Å². The zero-order chi connectivity index (χ0) is 21.5. The monoisotopic (exact) mass is 408 g/mol. The van der Waals surface area contributed by atoms with Crippen LogP contribution < -0.4 is 5.46 Å². The van der Waals surface area contributed by atoms with Crippen molar-refractivity contribution in [2.75, 3.05) is 0 Å². The van der Waals surface area contributed by atoms with Gasteiger partial charge in [0, 0.05) is 21.6 Å². The van der Waals surface area contributed by atoms with E-state index in [2.05, 4.69) is 95.3 Å². The summed E-state index contributed by atoms with van der Waals surface area (Å²) in [5, 5.41) is 7.03. The molecule has 1 aliphatic heterocycles. The van der Waals surface area contributed by atoms with Crippen molar-refractivity contribution in [3.63, 3.8) is 0 Å². The topological polar surface area (TPSA) is 31.6 Å². The standard InChI is InChI=1S/C27H25BO3/c1-16-10-15-21(28-30-26(2,3)27(4,5)31-28)25-22(16)20-14-13-18-12-11-17-8-6-7-9-19(17)23(18)24(20)29-25/h6-15H,1-5H3. The molecular formula is C27H25BO3. The molecule has 0 amide bonds. The Hall–Kier alpha value is -2.82. The van der Waals surface area contributed by atoms with E-state index in [0.29, 0.717) is 0 Å². The maximum absolute atomic E-state index is 6.67. The van der Waals surface area contributed by atoms with Crippen LogP contribution in [0.1, 0.15) is 33.3 Å². The molecule has 3 nitrogen and oxygen atoms in total. The average molecular weight is 408 g/mol. The molecule has 0 atom stereocenters. The molecule has 1 fully saturated rings. The predicted octanol–water partition coefficient (Wildman–Crippen LogP) is 6.50. The second kappa shape index (κ2) is 6.12. The smallest absolute Gasteiger partial charge is 0.456 e. The molecule has 1 saturated heterocycles. The van der Waals surface area contributed by atoms with Crippen LogP contribution in [0.15, 0.2) is 65.1 Å². The zero-order valence-electron chi connectivity index (χ0n) is 18.6. The largest absolute Gasteiger partial charge is 0.498 e. The summed E-state index contributed by atoms with van der Waals surface area (Å²) >= 11 is 0. The average Bonchev–Trinajstić information content (AvgIpc) is 3.22. The van der Waals surface area contributed by atoms with Crippen LogP contribution in [0.4, 0.5) is 0 Å². The molecule has 5 aromatic rings. The quantitative estimate of drug-likeness (QED) is 0.234. The van der Waals surface area contributed by atoms with Crippen molar-refractivity contribution in [2.45, 2.75) is 45.8 Å². The summed E-state index contributed by atoms with van der Waals surface area (Å²) in [7, 11) is -0.461. The Morgan fingerprint density at radius 3 is 2.10 bits per heavy atom. The normalized spacial score (nSPS) is 18.0. The first kappa shape index (κ1) is 18.9. The lowest BCUT2D eigenvalue weighted by Gasteiger charge is -2.32. The third-order valence-corrected chi connectivity index (χ3v) is 7.24. The number of fused-ring (bicyclic) bond motifs is 7. The zero-order valence-corrected chi connectivity index (χ0v) is 18.6. The van der Waals surface area contributed by atoms with E-state index in [-0.39, 0.29) is 0 Å². The summed E-state index contributed by atoms with van der Waals surface area (Å²) in [5.41, 5.74) is 3.12. The number of aryl methyl sites for hydroxylation is 1. The number of hydrogen-bond acceptors (Lipinski definition) is 3. The van der Waals surface area contributed by atoms with E-state index in [1.54, 1.807) is 0 Å². The molecular weight excluding hydrogens is 383 g/mol. The molecule has 1 aliphatic rings. The molecule has 1 aromatic heterocycles. The predicted molar refractivity (Wildman–Crippen MR) is 129 cm³/mol. The van der Waals surface area contributed by atoms with Crippen LogP contribution in [0.5, 0.6) is 0 Å². The Morgan fingerprint density at radius 1 is 0.645 bits per heavy atom. The van der Waals surface area contributed by atoms with Crippen molar-refractivity contribution in [2.24, 2.45) is 0 Å². The van der Waals surface area contributed by atoms with Crippen molar-refractivity contribution in [3.8, 4) is 0 Å². The molecule has 0 bridgehead atoms. The fraction of sp³-hybridized carbons (Fsp3) is 0.259. The lowest BCUT2D eigenvalue weighted by atomic mass is 9.77. The molecule has 154 valence electrons. The maximum atomic E-state index is 6.67. The van der Waals surface area contributed by atoms with Crippen LogP contribution in [-0.4, -0.2) is 18.3 Å². The van der Waals surface area contributed by atoms with Gasteiger partial charge in [0.2, 0.25) is 0 Å². The summed E-state index contributed by atoms with van der Waals surface area (Å²) in [5.74, 6) is 0. The molecule has 0 unspecified atom stereocenters. The molecule has 0 N–H and O–H groups in total. The van der Waals surface area contributed by atoms with Crippen LogP contribution in [0.25, 0.3) is 43.5 Å². The van der Waals surface area contributed by atoms with Gasteiger partial charge in [0.1, 0.15) is 11.2 Å². The van der Waals surface area contributed by atoms with Gasteiger partial charge in [-0.1, -0.05) is 54.6 Å². The SMILES string of the molecule is Cc1ccc(B2OC(C)(C)C(C)(C)O2)c2oc3c(ccc4ccc5ccccc5c43)c12. The first-order valence-electron chi connectivity index (χ1n) is 10.9. The van der Waals surface area contributed by atoms with E-state index >= 15 is 0 Å². The van der Waals surface area contributed by atoms with Crippen molar-refractivity contribution in [3.05, 3.63) is 66.2 Å². The second-order valence-corrected chi connectivity index (χ2v) is 9.69. The van der Waals surface area contributed by atoms with Gasteiger partial charge in [-0.2, -0.15) is 0 Å². The van der Waals surface area contributed by atoms with Crippen molar-refractivity contribution >= 4 is 56.1 Å². The Balaban J connectivity index is 1.70. The van der Waals surface area contributed by atoms with Gasteiger partial charge in [0.05, 0.1) is 11.2 Å². The van der Waals surface area contributed by atoms with Crippen LogP contribution >= 0.6 is 0 Å². The summed E-state index contributed by atoms with van der Waals surface area (Å²) in [4.78, 5) is 0. The van der Waals surface area contributed by atoms with Gasteiger partial charge in [0.25, 0.3) is 0 Å². The Morgan fingerprint density at radius 2 is 1.32 bits per heavy atom. The molecule has 0 aliphatic carbocycles. The fourth-order valence-electron chi connectivity index (χ4n) is 4.77. The van der Waals surface area contributed by atoms with Crippen molar-refractivity contribution in [1.29, 1.82) is 0 Å². The van der Waals surface area contributed by atoms with E-state index in [1.807, 2.05) is 0 Å². The highest BCUT2D eigenvalue weighted by atomic mass is 16.7. The van der Waals surface area contributed by atoms with E-state index < -0.39 is 18.3 Å². The third kappa shape index (κ3) is 2.55. The highest BCUT2D eigenvalue weighted by Gasteiger charge is 2.52. The summed E-state index contributed by atoms with van der Waals surface area (Å²) in [6, 6.07) is 21.4. The highest BCUT2D eigenvalue weighted by molar-refractivity contribution is 6.65. The van der Waals surface area contributed by atoms with Gasteiger partial charge >= 0.3 is 7.12 Å².